The van der Waals surface area contributed by atoms with Crippen molar-refractivity contribution in [1.29, 1.82) is 0 Å². The molecule has 0 amide bonds. The summed E-state index contributed by atoms with van der Waals surface area (Å²) in [5, 5.41) is 0. The van der Waals surface area contributed by atoms with Crippen molar-refractivity contribution in [3.05, 3.63) is 29.8 Å². The van der Waals surface area contributed by atoms with E-state index in [1.54, 1.807) is 7.11 Å². The van der Waals surface area contributed by atoms with Gasteiger partial charge in [-0.2, -0.15) is 0 Å². The maximum absolute atomic E-state index is 5.29. The average Bonchev–Trinajstić information content (AvgIpc) is 2.38. The lowest BCUT2D eigenvalue weighted by Gasteiger charge is -2.17. The molecule has 0 spiro atoms. The lowest BCUT2D eigenvalue weighted by atomic mass is 9.96. The van der Waals surface area contributed by atoms with Crippen molar-refractivity contribution >= 4 is 6.21 Å². The van der Waals surface area contributed by atoms with Crippen LogP contribution < -0.4 is 4.74 Å². The minimum atomic E-state index is 0.527. The topological polar surface area (TPSA) is 21.6 Å². The van der Waals surface area contributed by atoms with Crippen molar-refractivity contribution in [2.24, 2.45) is 4.99 Å². The highest BCUT2D eigenvalue weighted by atomic mass is 16.5. The van der Waals surface area contributed by atoms with E-state index in [0.29, 0.717) is 6.04 Å². The summed E-state index contributed by atoms with van der Waals surface area (Å²) >= 11 is 0. The molecule has 0 aromatic heterocycles. The quantitative estimate of drug-likeness (QED) is 0.711. The Bertz CT molecular complexity index is 354. The molecule has 0 radical (unpaired) electrons. The molecule has 2 heteroatoms. The summed E-state index contributed by atoms with van der Waals surface area (Å²) in [7, 11) is 1.70. The van der Waals surface area contributed by atoms with Crippen LogP contribution in [0.2, 0.25) is 0 Å². The van der Waals surface area contributed by atoms with Crippen LogP contribution in [0.4, 0.5) is 0 Å². The molecule has 86 valence electrons. The van der Waals surface area contributed by atoms with Crippen LogP contribution in [0.1, 0.15) is 37.7 Å². The first-order valence-corrected chi connectivity index (χ1v) is 6.06. The number of methoxy groups -OCH3 is 1. The summed E-state index contributed by atoms with van der Waals surface area (Å²) in [5.41, 5.74) is 1.08. The van der Waals surface area contributed by atoms with E-state index < -0.39 is 0 Å². The van der Waals surface area contributed by atoms with Gasteiger partial charge in [0.2, 0.25) is 0 Å². The molecule has 0 bridgehead atoms. The largest absolute Gasteiger partial charge is 0.496 e. The molecule has 0 saturated heterocycles. The van der Waals surface area contributed by atoms with E-state index >= 15 is 0 Å². The second-order valence-corrected chi connectivity index (χ2v) is 4.31. The van der Waals surface area contributed by atoms with E-state index in [-0.39, 0.29) is 0 Å². The third-order valence-electron chi connectivity index (χ3n) is 3.14. The van der Waals surface area contributed by atoms with Gasteiger partial charge in [0.1, 0.15) is 5.75 Å². The van der Waals surface area contributed by atoms with Gasteiger partial charge in [-0.05, 0) is 25.0 Å². The number of hydrogen-bond acceptors (Lipinski definition) is 2. The van der Waals surface area contributed by atoms with E-state index in [4.69, 9.17) is 4.74 Å². The van der Waals surface area contributed by atoms with Crippen LogP contribution in [0.25, 0.3) is 0 Å². The molecule has 0 aliphatic heterocycles. The van der Waals surface area contributed by atoms with Crippen LogP contribution in [0, 0.1) is 0 Å². The minimum Gasteiger partial charge on any atom is -0.496 e. The molecule has 1 aliphatic carbocycles. The summed E-state index contributed by atoms with van der Waals surface area (Å²) in [6.07, 6.45) is 8.48. The van der Waals surface area contributed by atoms with Gasteiger partial charge in [-0.15, -0.1) is 0 Å². The number of rotatable bonds is 3. The standard InChI is InChI=1S/C14H19NO/c1-16-14-10-6-5-7-12(14)11-15-13-8-3-2-4-9-13/h5-7,10-11,13H,2-4,8-9H2,1H3/b15-11+. The Hall–Kier alpha value is -1.31. The molecule has 2 rings (SSSR count). The lowest BCUT2D eigenvalue weighted by molar-refractivity contribution is 0.414. The van der Waals surface area contributed by atoms with E-state index in [0.717, 1.165) is 11.3 Å². The Labute approximate surface area is 97.4 Å². The van der Waals surface area contributed by atoms with Gasteiger partial charge in [0, 0.05) is 17.8 Å². The minimum absolute atomic E-state index is 0.527. The molecule has 1 fully saturated rings. The molecule has 0 unspecified atom stereocenters. The molecule has 2 nitrogen and oxygen atoms in total. The van der Waals surface area contributed by atoms with Gasteiger partial charge in [-0.3, -0.25) is 4.99 Å². The molecular formula is C14H19NO. The van der Waals surface area contributed by atoms with Crippen molar-refractivity contribution in [1.82, 2.24) is 0 Å². The maximum atomic E-state index is 5.29. The predicted molar refractivity (Wildman–Crippen MR) is 67.5 cm³/mol. The summed E-state index contributed by atoms with van der Waals surface area (Å²) in [4.78, 5) is 4.66. The highest BCUT2D eigenvalue weighted by Crippen LogP contribution is 2.21. The molecule has 0 atom stereocenters. The first kappa shape index (κ1) is 11.2. The van der Waals surface area contributed by atoms with Crippen molar-refractivity contribution < 1.29 is 4.74 Å². The summed E-state index contributed by atoms with van der Waals surface area (Å²) in [5.74, 6) is 0.905. The van der Waals surface area contributed by atoms with Crippen LogP contribution in [-0.2, 0) is 0 Å². The zero-order chi connectivity index (χ0) is 11.2. The monoisotopic (exact) mass is 217 g/mol. The van der Waals surface area contributed by atoms with Gasteiger partial charge in [0.25, 0.3) is 0 Å². The van der Waals surface area contributed by atoms with Crippen LogP contribution >= 0.6 is 0 Å². The molecule has 0 N–H and O–H groups in total. The summed E-state index contributed by atoms with van der Waals surface area (Å²) in [6.45, 7) is 0. The average molecular weight is 217 g/mol. The van der Waals surface area contributed by atoms with Crippen molar-refractivity contribution in [3.63, 3.8) is 0 Å². The fourth-order valence-corrected chi connectivity index (χ4v) is 2.19. The Kier molecular flexibility index (Phi) is 3.97. The summed E-state index contributed by atoms with van der Waals surface area (Å²) < 4.78 is 5.29. The number of ether oxygens (including phenoxy) is 1. The molecular weight excluding hydrogens is 198 g/mol. The number of benzene rings is 1. The van der Waals surface area contributed by atoms with Gasteiger partial charge in [0.15, 0.2) is 0 Å². The zero-order valence-corrected chi connectivity index (χ0v) is 9.86. The third kappa shape index (κ3) is 2.84. The smallest absolute Gasteiger partial charge is 0.127 e. The Balaban J connectivity index is 2.04. The predicted octanol–water partition coefficient (Wildman–Crippen LogP) is 3.45. The normalized spacial score (nSPS) is 17.8. The molecule has 1 aliphatic rings. The van der Waals surface area contributed by atoms with Crippen LogP contribution in [-0.4, -0.2) is 19.4 Å². The molecule has 1 aromatic rings. The molecule has 0 heterocycles. The number of hydrogen-bond donors (Lipinski definition) is 0. The lowest BCUT2D eigenvalue weighted by Crippen LogP contribution is -2.09. The van der Waals surface area contributed by atoms with Gasteiger partial charge in [-0.1, -0.05) is 31.4 Å². The van der Waals surface area contributed by atoms with E-state index in [1.807, 2.05) is 30.5 Å². The first-order valence-electron chi connectivity index (χ1n) is 6.06. The van der Waals surface area contributed by atoms with Crippen molar-refractivity contribution in [2.45, 2.75) is 38.1 Å². The Morgan fingerprint density at radius 3 is 2.69 bits per heavy atom. The Morgan fingerprint density at radius 2 is 1.94 bits per heavy atom. The second kappa shape index (κ2) is 5.69. The fourth-order valence-electron chi connectivity index (χ4n) is 2.19. The van der Waals surface area contributed by atoms with E-state index in [2.05, 4.69) is 4.99 Å². The molecule has 16 heavy (non-hydrogen) atoms. The molecule has 1 saturated carbocycles. The van der Waals surface area contributed by atoms with E-state index in [1.165, 1.54) is 32.1 Å². The number of para-hydroxylation sites is 1. The molecule has 1 aromatic carbocycles. The third-order valence-corrected chi connectivity index (χ3v) is 3.14. The van der Waals surface area contributed by atoms with Gasteiger partial charge >= 0.3 is 0 Å². The Morgan fingerprint density at radius 1 is 1.19 bits per heavy atom. The fraction of sp³-hybridized carbons (Fsp3) is 0.500. The number of aliphatic imine (C=N–C) groups is 1. The highest BCUT2D eigenvalue weighted by molar-refractivity contribution is 5.83. The second-order valence-electron chi connectivity index (χ2n) is 4.31. The number of nitrogens with zero attached hydrogens (tertiary/aromatic N) is 1. The zero-order valence-electron chi connectivity index (χ0n) is 9.86. The van der Waals surface area contributed by atoms with Crippen molar-refractivity contribution in [2.75, 3.05) is 7.11 Å². The highest BCUT2D eigenvalue weighted by Gasteiger charge is 2.10. The van der Waals surface area contributed by atoms with Crippen LogP contribution in [0.5, 0.6) is 5.75 Å². The maximum Gasteiger partial charge on any atom is 0.127 e. The SMILES string of the molecule is COc1ccccc1/C=N/C1CCCCC1. The van der Waals surface area contributed by atoms with Gasteiger partial charge in [0.05, 0.1) is 7.11 Å². The van der Waals surface area contributed by atoms with Crippen molar-refractivity contribution in [3.8, 4) is 5.75 Å². The van der Waals surface area contributed by atoms with Gasteiger partial charge < -0.3 is 4.74 Å². The first-order chi connectivity index (χ1) is 7.90. The summed E-state index contributed by atoms with van der Waals surface area (Å²) in [6, 6.07) is 8.55. The van der Waals surface area contributed by atoms with E-state index in [9.17, 15) is 0 Å². The van der Waals surface area contributed by atoms with Crippen LogP contribution in [0.3, 0.4) is 0 Å². The van der Waals surface area contributed by atoms with Crippen LogP contribution in [0.15, 0.2) is 29.3 Å². The van der Waals surface area contributed by atoms with Gasteiger partial charge in [-0.25, -0.2) is 0 Å².